The average Bonchev–Trinajstić information content (AvgIpc) is 3.72. The molecule has 15 heteroatoms. The van der Waals surface area contributed by atoms with Gasteiger partial charge in [0.05, 0.1) is 22.2 Å². The van der Waals surface area contributed by atoms with Gasteiger partial charge in [-0.25, -0.2) is 18.1 Å². The normalized spacial score (nSPS) is 17.8. The number of ether oxygens (including phenoxy) is 2. The summed E-state index contributed by atoms with van der Waals surface area (Å²) in [6.45, 7) is 10.8. The van der Waals surface area contributed by atoms with Crippen molar-refractivity contribution in [2.45, 2.75) is 50.8 Å². The van der Waals surface area contributed by atoms with E-state index in [4.69, 9.17) is 21.1 Å². The van der Waals surface area contributed by atoms with Crippen LogP contribution in [-0.2, 0) is 14.8 Å². The molecule has 0 saturated carbocycles. The van der Waals surface area contributed by atoms with Crippen LogP contribution >= 0.6 is 11.6 Å². The van der Waals surface area contributed by atoms with Crippen LogP contribution in [0.5, 0.6) is 11.6 Å². The Morgan fingerprint density at radius 2 is 1.80 bits per heavy atom. The number of aromatic amines is 1. The quantitative estimate of drug-likeness (QED) is 0.0952. The molecule has 8 rings (SSSR count). The SMILES string of the molecule is CC1(C)CCC(CN2CCN(c3ccc(C(=O)NS(=O)(=O)c4ccc(NCC5CCOCC5)c([NH+]=O)c4)c(Oc4cc5cc[nH]c5cn4)c3)CC2)=C(c2ccc(Cl)cc2)C1. The molecule has 1 amide bonds. The van der Waals surface area contributed by atoms with Gasteiger partial charge in [-0.1, -0.05) is 43.2 Å². The molecule has 0 spiro atoms. The van der Waals surface area contributed by atoms with E-state index >= 15 is 0 Å². The fourth-order valence-corrected chi connectivity index (χ4v) is 9.46. The van der Waals surface area contributed by atoms with Crippen molar-refractivity contribution in [3.8, 4) is 11.6 Å². The van der Waals surface area contributed by atoms with Gasteiger partial charge < -0.3 is 24.7 Å². The van der Waals surface area contributed by atoms with E-state index < -0.39 is 15.9 Å². The largest absolute Gasteiger partial charge is 0.438 e. The molecular formula is C45H51ClN7O6S+. The second kappa shape index (κ2) is 17.7. The minimum absolute atomic E-state index is 0.00994. The molecule has 0 radical (unpaired) electrons. The highest BCUT2D eigenvalue weighted by atomic mass is 35.5. The molecule has 0 atom stereocenters. The summed E-state index contributed by atoms with van der Waals surface area (Å²) in [4.78, 5) is 37.9. The van der Waals surface area contributed by atoms with Gasteiger partial charge in [0.15, 0.2) is 0 Å². The molecule has 2 saturated heterocycles. The first-order valence-corrected chi connectivity index (χ1v) is 22.4. The topological polar surface area (TPSA) is 160 Å². The zero-order chi connectivity index (χ0) is 41.9. The fraction of sp³-hybridized carbons (Fsp3) is 0.378. The van der Waals surface area contributed by atoms with Crippen molar-refractivity contribution >= 4 is 61.1 Å². The molecular weight excluding hydrogens is 802 g/mol. The summed E-state index contributed by atoms with van der Waals surface area (Å²) >= 11 is 6.24. The standard InChI is InChI=1S/C45H50ClN7O6S/c1-45(2)15-11-33(38(26-45)31-3-5-34(46)6-4-31)29-52-17-19-53(20-18-52)35-7-9-37(42(24-35)59-43-23-32-12-16-47-41(32)28-49-43)44(54)51-60(56,57)36-8-10-39(40(25-36)50-55)48-27-30-13-21-58-22-14-30/h3-10,12,16,23-25,28,30,47-48H,11,13-15,17-22,26-27,29H2,1-2H3,(H,51,54)/p+1. The lowest BCUT2D eigenvalue weighted by molar-refractivity contribution is -0.378. The number of amides is 1. The van der Waals surface area contributed by atoms with Crippen molar-refractivity contribution in [1.29, 1.82) is 0 Å². The Morgan fingerprint density at radius 3 is 2.57 bits per heavy atom. The zero-order valence-electron chi connectivity index (χ0n) is 33.9. The van der Waals surface area contributed by atoms with Gasteiger partial charge in [0.25, 0.3) is 21.6 Å². The van der Waals surface area contributed by atoms with Crippen LogP contribution in [0.15, 0.2) is 95.7 Å². The van der Waals surface area contributed by atoms with Gasteiger partial charge in [-0.15, -0.1) is 0 Å². The lowest BCUT2D eigenvalue weighted by Crippen LogP contribution is -2.56. The Labute approximate surface area is 355 Å². The molecule has 2 aliphatic heterocycles. The zero-order valence-corrected chi connectivity index (χ0v) is 35.5. The number of nitrogens with one attached hydrogen (secondary N) is 4. The third-order valence-electron chi connectivity index (χ3n) is 11.9. The number of anilines is 2. The molecule has 3 aliphatic rings. The van der Waals surface area contributed by atoms with E-state index in [1.807, 2.05) is 29.4 Å². The molecule has 0 bridgehead atoms. The Morgan fingerprint density at radius 1 is 1.02 bits per heavy atom. The lowest BCUT2D eigenvalue weighted by Gasteiger charge is -2.39. The molecule has 0 unspecified atom stereocenters. The van der Waals surface area contributed by atoms with Gasteiger partial charge in [0, 0.05) is 103 Å². The van der Waals surface area contributed by atoms with Gasteiger partial charge in [-0.2, -0.15) is 0 Å². The average molecular weight is 853 g/mol. The number of hydrogen-bond donors (Lipinski definition) is 4. The van der Waals surface area contributed by atoms with E-state index in [0.717, 1.165) is 86.4 Å². The maximum absolute atomic E-state index is 13.9. The summed E-state index contributed by atoms with van der Waals surface area (Å²) in [5.41, 5.74) is 6.58. The Kier molecular flexibility index (Phi) is 12.3. The summed E-state index contributed by atoms with van der Waals surface area (Å²) in [6, 6.07) is 21.1. The first-order chi connectivity index (χ1) is 28.9. The third-order valence-corrected chi connectivity index (χ3v) is 13.5. The number of nitroso groups, excluding NO2 is 1. The van der Waals surface area contributed by atoms with E-state index in [2.05, 4.69) is 55.8 Å². The van der Waals surface area contributed by atoms with Crippen molar-refractivity contribution in [3.63, 3.8) is 0 Å². The maximum Gasteiger partial charge on any atom is 0.277 e. The molecule has 2 aromatic heterocycles. The molecule has 5 aromatic rings. The lowest BCUT2D eigenvalue weighted by atomic mass is 9.72. The van der Waals surface area contributed by atoms with Crippen LogP contribution in [0.1, 0.15) is 61.9 Å². The third kappa shape index (κ3) is 9.68. The number of carbonyl (C=O) groups is 1. The summed E-state index contributed by atoms with van der Waals surface area (Å²) in [6.07, 6.45) is 8.47. The van der Waals surface area contributed by atoms with Crippen molar-refractivity contribution in [2.75, 3.05) is 62.7 Å². The molecule has 3 aromatic carbocycles. The highest BCUT2D eigenvalue weighted by Gasteiger charge is 2.30. The number of pyridine rings is 1. The minimum Gasteiger partial charge on any atom is -0.438 e. The molecule has 1 aliphatic carbocycles. The predicted octanol–water partition coefficient (Wildman–Crippen LogP) is 7.23. The van der Waals surface area contributed by atoms with Gasteiger partial charge in [0.2, 0.25) is 5.88 Å². The number of halogens is 1. The Bertz CT molecular complexity index is 2510. The predicted molar refractivity (Wildman–Crippen MR) is 234 cm³/mol. The maximum atomic E-state index is 13.9. The number of aromatic nitrogens is 2. The summed E-state index contributed by atoms with van der Waals surface area (Å²) < 4.78 is 41.2. The van der Waals surface area contributed by atoms with Crippen LogP contribution in [0.25, 0.3) is 16.5 Å². The van der Waals surface area contributed by atoms with Crippen LogP contribution in [0.2, 0.25) is 5.02 Å². The van der Waals surface area contributed by atoms with E-state index in [9.17, 15) is 18.1 Å². The highest BCUT2D eigenvalue weighted by Crippen LogP contribution is 2.43. The second-order valence-corrected chi connectivity index (χ2v) is 18.9. The van der Waals surface area contributed by atoms with Crippen LogP contribution in [-0.4, -0.2) is 81.7 Å². The van der Waals surface area contributed by atoms with Gasteiger partial charge in [-0.05, 0) is 97.0 Å². The second-order valence-electron chi connectivity index (χ2n) is 16.7. The van der Waals surface area contributed by atoms with Crippen molar-refractivity contribution in [1.82, 2.24) is 19.6 Å². The molecule has 314 valence electrons. The number of hydrogen-bond acceptors (Lipinski definition) is 10. The molecule has 4 heterocycles. The van der Waals surface area contributed by atoms with Crippen LogP contribution in [0.3, 0.4) is 0 Å². The molecule has 2 fully saturated rings. The number of sulfonamides is 1. The first kappa shape index (κ1) is 41.5. The van der Waals surface area contributed by atoms with Crippen LogP contribution in [0.4, 0.5) is 17.1 Å². The van der Waals surface area contributed by atoms with Crippen molar-refractivity contribution in [3.05, 3.63) is 112 Å². The monoisotopic (exact) mass is 852 g/mol. The van der Waals surface area contributed by atoms with Crippen molar-refractivity contribution in [2.24, 2.45) is 11.3 Å². The Balaban J connectivity index is 0.995. The molecule has 4 N–H and O–H groups in total. The molecule has 60 heavy (non-hydrogen) atoms. The number of piperazine rings is 1. The van der Waals surface area contributed by atoms with Crippen LogP contribution in [0, 0.1) is 16.2 Å². The Hall–Kier alpha value is -5.28. The number of fused-ring (bicyclic) bond motifs is 1. The number of allylic oxidation sites excluding steroid dienone is 1. The highest BCUT2D eigenvalue weighted by molar-refractivity contribution is 7.90. The molecule has 13 nitrogen and oxygen atoms in total. The number of rotatable bonds is 13. The van der Waals surface area contributed by atoms with Crippen LogP contribution < -0.4 is 24.9 Å². The number of H-pyrrole nitrogens is 1. The summed E-state index contributed by atoms with van der Waals surface area (Å²) in [5, 5.41) is 6.69. The summed E-state index contributed by atoms with van der Waals surface area (Å²) in [5.74, 6) is -0.109. The van der Waals surface area contributed by atoms with E-state index in [0.29, 0.717) is 31.4 Å². The minimum atomic E-state index is -4.41. The van der Waals surface area contributed by atoms with Gasteiger partial charge in [0.1, 0.15) is 11.4 Å². The smallest absolute Gasteiger partial charge is 0.277 e. The first-order valence-electron chi connectivity index (χ1n) is 20.5. The van der Waals surface area contributed by atoms with Gasteiger partial charge >= 0.3 is 0 Å². The van der Waals surface area contributed by atoms with E-state index in [1.54, 1.807) is 30.6 Å². The van der Waals surface area contributed by atoms with Crippen molar-refractivity contribution < 1.29 is 27.9 Å². The number of benzene rings is 3. The number of carbonyl (C=O) groups excluding carboxylic acids is 1. The van der Waals surface area contributed by atoms with E-state index in [1.165, 1.54) is 34.9 Å². The van der Waals surface area contributed by atoms with Gasteiger partial charge in [-0.3, -0.25) is 9.69 Å². The fourth-order valence-electron chi connectivity index (χ4n) is 8.35. The summed E-state index contributed by atoms with van der Waals surface area (Å²) in [7, 11) is -4.41. The van der Waals surface area contributed by atoms with E-state index in [-0.39, 0.29) is 33.2 Å². The number of nitrogens with zero attached hydrogens (tertiary/aromatic N) is 3.